The third-order valence-electron chi connectivity index (χ3n) is 10.2. The summed E-state index contributed by atoms with van der Waals surface area (Å²) in [6, 6.07) is 13.0. The van der Waals surface area contributed by atoms with Crippen LogP contribution in [-0.2, 0) is 27.3 Å². The summed E-state index contributed by atoms with van der Waals surface area (Å²) in [5.41, 5.74) is 7.45. The van der Waals surface area contributed by atoms with Crippen LogP contribution in [0.25, 0.3) is 0 Å². The van der Waals surface area contributed by atoms with Gasteiger partial charge < -0.3 is 39.3 Å². The van der Waals surface area contributed by atoms with Crippen molar-refractivity contribution in [2.75, 3.05) is 115 Å². The van der Waals surface area contributed by atoms with Gasteiger partial charge in [-0.2, -0.15) is 52.7 Å². The molecular formula is C39H52F12N6O5. The summed E-state index contributed by atoms with van der Waals surface area (Å²) in [6.07, 6.45) is -32.7. The molecule has 2 aromatic rings. The third kappa shape index (κ3) is 15.8. The van der Waals surface area contributed by atoms with Crippen LogP contribution in [0.2, 0.25) is 0 Å². The summed E-state index contributed by atoms with van der Waals surface area (Å²) in [5, 5.41) is 10.9. The van der Waals surface area contributed by atoms with Crippen molar-refractivity contribution < 1.29 is 76.8 Å². The van der Waals surface area contributed by atoms with E-state index in [0.29, 0.717) is 32.8 Å². The molecule has 4 aliphatic rings. The highest BCUT2D eigenvalue weighted by molar-refractivity contribution is 5.68. The monoisotopic (exact) mass is 912 g/mol. The Hall–Kier alpha value is -3.77. The molecule has 2 aromatic carbocycles. The quantitative estimate of drug-likeness (QED) is 0.309. The first-order valence-corrected chi connectivity index (χ1v) is 19.8. The lowest BCUT2D eigenvalue weighted by Gasteiger charge is -2.36. The number of aliphatic hydroxyl groups is 1. The number of carbonyl (C=O) groups is 1. The summed E-state index contributed by atoms with van der Waals surface area (Å²) < 4.78 is 156. The van der Waals surface area contributed by atoms with Gasteiger partial charge in [0.05, 0.1) is 26.4 Å². The molecule has 4 saturated heterocycles. The van der Waals surface area contributed by atoms with E-state index in [1.807, 2.05) is 24.0 Å². The number of alkyl halides is 12. The molecule has 0 bridgehead atoms. The zero-order valence-corrected chi connectivity index (χ0v) is 34.2. The van der Waals surface area contributed by atoms with Crippen molar-refractivity contribution in [2.24, 2.45) is 0 Å². The number of hydrogen-bond acceptors (Lipinski definition) is 10. The van der Waals surface area contributed by atoms with Crippen molar-refractivity contribution in [3.05, 3.63) is 58.7 Å². The molecule has 6 rings (SSSR count). The molecule has 11 nitrogen and oxygen atoms in total. The van der Waals surface area contributed by atoms with Crippen LogP contribution in [0, 0.1) is 13.8 Å². The first-order chi connectivity index (χ1) is 28.9. The highest BCUT2D eigenvalue weighted by atomic mass is 19.4. The largest absolute Gasteiger partial charge is 0.434 e. The number of ether oxygens (including phenoxy) is 3. The van der Waals surface area contributed by atoms with Crippen molar-refractivity contribution in [1.29, 1.82) is 0 Å². The summed E-state index contributed by atoms with van der Waals surface area (Å²) in [4.78, 5) is 22.1. The van der Waals surface area contributed by atoms with Crippen molar-refractivity contribution in [2.45, 2.75) is 63.9 Å². The molecule has 0 aliphatic carbocycles. The Balaban J connectivity index is 0.000000238. The van der Waals surface area contributed by atoms with Gasteiger partial charge in [-0.3, -0.25) is 9.80 Å². The molecule has 0 spiro atoms. The summed E-state index contributed by atoms with van der Waals surface area (Å²) in [5.74, 6) is 0. The standard InChI is InChI=1S/C20H25F6N3O3.C16H25N3O.C3H2F6O/c1-14-2-3-15(16(12-14)28-8-10-31-11-9-28)13-27-4-6-29(7-5-27)18(30)32-17(19(21,22)23)20(24,25)26;1-14-2-3-15(13-18-6-4-17-5-7-18)16(12-14)19-8-10-20-11-9-19;4-2(5,6)1(10)3(7,8)9/h2-3,12,17H,4-11,13H2,1H3;2-3,12,17H,4-11,13H2,1H3;1,10H. The molecule has 4 aliphatic heterocycles. The first kappa shape index (κ1) is 50.9. The Labute approximate surface area is 351 Å². The molecule has 1 amide bonds. The summed E-state index contributed by atoms with van der Waals surface area (Å²) in [6.45, 7) is 17.3. The lowest BCUT2D eigenvalue weighted by molar-refractivity contribution is -0.309. The number of morpholine rings is 2. The maximum atomic E-state index is 12.6. The highest BCUT2D eigenvalue weighted by Crippen LogP contribution is 2.36. The molecule has 4 fully saturated rings. The van der Waals surface area contributed by atoms with Gasteiger partial charge in [-0.15, -0.1) is 0 Å². The van der Waals surface area contributed by atoms with Crippen molar-refractivity contribution in [1.82, 2.24) is 20.0 Å². The third-order valence-corrected chi connectivity index (χ3v) is 10.2. The van der Waals surface area contributed by atoms with Crippen molar-refractivity contribution in [3.63, 3.8) is 0 Å². The number of amides is 1. The van der Waals surface area contributed by atoms with E-state index in [1.165, 1.54) is 16.8 Å². The number of nitrogens with one attached hydrogen (secondary N) is 1. The average molecular weight is 913 g/mol. The number of benzene rings is 2. The molecule has 4 heterocycles. The van der Waals surface area contributed by atoms with E-state index in [-0.39, 0.29) is 13.1 Å². The zero-order chi connectivity index (χ0) is 45.9. The van der Waals surface area contributed by atoms with Gasteiger partial charge in [0, 0.05) is 103 Å². The van der Waals surface area contributed by atoms with Gasteiger partial charge in [0.1, 0.15) is 0 Å². The molecule has 0 aromatic heterocycles. The number of aliphatic hydroxyl groups excluding tert-OH is 1. The molecule has 0 unspecified atom stereocenters. The second-order valence-corrected chi connectivity index (χ2v) is 15.1. The van der Waals surface area contributed by atoms with Crippen LogP contribution in [0.5, 0.6) is 0 Å². The van der Waals surface area contributed by atoms with Gasteiger partial charge >= 0.3 is 30.8 Å². The summed E-state index contributed by atoms with van der Waals surface area (Å²) in [7, 11) is 0. The van der Waals surface area contributed by atoms with Crippen LogP contribution in [0.1, 0.15) is 22.3 Å². The lowest BCUT2D eigenvalue weighted by Crippen LogP contribution is -2.52. The van der Waals surface area contributed by atoms with Crippen LogP contribution in [0.3, 0.4) is 0 Å². The van der Waals surface area contributed by atoms with Gasteiger partial charge in [-0.1, -0.05) is 24.3 Å². The Morgan fingerprint density at radius 2 is 1.00 bits per heavy atom. The molecule has 0 atom stereocenters. The second-order valence-electron chi connectivity index (χ2n) is 15.1. The van der Waals surface area contributed by atoms with Crippen LogP contribution in [0.15, 0.2) is 36.4 Å². The van der Waals surface area contributed by atoms with E-state index in [2.05, 4.69) is 55.9 Å². The van der Waals surface area contributed by atoms with Crippen molar-refractivity contribution in [3.8, 4) is 0 Å². The molecule has 352 valence electrons. The van der Waals surface area contributed by atoms with Gasteiger partial charge in [-0.05, 0) is 48.2 Å². The number of nitrogens with zero attached hydrogens (tertiary/aromatic N) is 5. The molecular weight excluding hydrogens is 860 g/mol. The number of carbonyl (C=O) groups excluding carboxylic acids is 1. The maximum absolute atomic E-state index is 12.6. The fourth-order valence-electron chi connectivity index (χ4n) is 6.93. The van der Waals surface area contributed by atoms with Gasteiger partial charge in [-0.25, -0.2) is 4.79 Å². The van der Waals surface area contributed by atoms with E-state index in [4.69, 9.17) is 14.6 Å². The fourth-order valence-corrected chi connectivity index (χ4v) is 6.93. The Bertz CT molecular complexity index is 1660. The van der Waals surface area contributed by atoms with Crippen LogP contribution in [0.4, 0.5) is 68.9 Å². The second kappa shape index (κ2) is 22.2. The smallest absolute Gasteiger partial charge is 0.426 e. The molecule has 0 radical (unpaired) electrons. The number of hydrogen-bond donors (Lipinski definition) is 2. The van der Waals surface area contributed by atoms with Gasteiger partial charge in [0.2, 0.25) is 6.10 Å². The number of rotatable bonds is 7. The first-order valence-electron chi connectivity index (χ1n) is 19.8. The predicted molar refractivity (Wildman–Crippen MR) is 204 cm³/mol. The van der Waals surface area contributed by atoms with Crippen molar-refractivity contribution >= 4 is 17.5 Å². The SMILES string of the molecule is Cc1ccc(CN2CCN(C(=O)OC(C(F)(F)F)C(F)(F)F)CC2)c(N2CCOCC2)c1.Cc1ccc(CN2CCNCC2)c(N2CCOCC2)c1.OC(C(F)(F)F)C(F)(F)F. The fraction of sp³-hybridized carbons (Fsp3) is 0.667. The van der Waals surface area contributed by atoms with Crippen LogP contribution >= 0.6 is 0 Å². The van der Waals surface area contributed by atoms with Gasteiger partial charge in [0.15, 0.2) is 0 Å². The highest BCUT2D eigenvalue weighted by Gasteiger charge is 2.60. The van der Waals surface area contributed by atoms with E-state index in [9.17, 15) is 57.5 Å². The number of piperazine rings is 2. The molecule has 2 N–H and O–H groups in total. The minimum absolute atomic E-state index is 0.0278. The minimum Gasteiger partial charge on any atom is -0.426 e. The number of anilines is 2. The van der Waals surface area contributed by atoms with E-state index < -0.39 is 43.0 Å². The van der Waals surface area contributed by atoms with Crippen LogP contribution < -0.4 is 15.1 Å². The lowest BCUT2D eigenvalue weighted by atomic mass is 10.1. The molecule has 62 heavy (non-hydrogen) atoms. The molecule has 0 saturated carbocycles. The number of halogens is 12. The van der Waals surface area contributed by atoms with E-state index in [1.54, 1.807) is 0 Å². The normalized spacial score (nSPS) is 18.9. The Kier molecular flexibility index (Phi) is 18.2. The zero-order valence-electron chi connectivity index (χ0n) is 34.2. The van der Waals surface area contributed by atoms with E-state index in [0.717, 1.165) is 93.8 Å². The predicted octanol–water partition coefficient (Wildman–Crippen LogP) is 6.29. The van der Waals surface area contributed by atoms with E-state index >= 15 is 0 Å². The summed E-state index contributed by atoms with van der Waals surface area (Å²) >= 11 is 0. The number of aryl methyl sites for hydroxylation is 2. The van der Waals surface area contributed by atoms with Gasteiger partial charge in [0.25, 0.3) is 6.10 Å². The van der Waals surface area contributed by atoms with Crippen LogP contribution in [-0.4, -0.2) is 168 Å². The Morgan fingerprint density at radius 3 is 1.35 bits per heavy atom. The maximum Gasteiger partial charge on any atom is 0.434 e. The Morgan fingerprint density at radius 1 is 0.613 bits per heavy atom. The molecule has 23 heteroatoms. The minimum atomic E-state index is -5.73. The average Bonchev–Trinajstić information content (AvgIpc) is 3.21. The topological polar surface area (TPSA) is 93.2 Å².